The number of hydrogen-bond donors (Lipinski definition) is 1. The van der Waals surface area contributed by atoms with Crippen LogP contribution in [0.4, 0.5) is 0 Å². The van der Waals surface area contributed by atoms with Gasteiger partial charge < -0.3 is 5.32 Å². The monoisotopic (exact) mass is 205 g/mol. The Morgan fingerprint density at radius 2 is 2.07 bits per heavy atom. The van der Waals surface area contributed by atoms with Crippen LogP contribution < -0.4 is 5.32 Å². The predicted octanol–water partition coefficient (Wildman–Crippen LogP) is 1.46. The van der Waals surface area contributed by atoms with E-state index in [2.05, 4.69) is 15.3 Å². The van der Waals surface area contributed by atoms with Crippen LogP contribution in [0.15, 0.2) is 12.4 Å². The molecule has 15 heavy (non-hydrogen) atoms. The minimum Gasteiger partial charge on any atom is -0.348 e. The molecule has 0 aliphatic heterocycles. The average molecular weight is 205 g/mol. The number of hydrogen-bond acceptors (Lipinski definition) is 3. The predicted molar refractivity (Wildman–Crippen MR) is 56.5 cm³/mol. The van der Waals surface area contributed by atoms with Gasteiger partial charge in [-0.05, 0) is 19.8 Å². The molecule has 0 aromatic carbocycles. The van der Waals surface area contributed by atoms with Crippen LogP contribution in [0.25, 0.3) is 0 Å². The van der Waals surface area contributed by atoms with Gasteiger partial charge in [-0.3, -0.25) is 9.78 Å². The highest BCUT2D eigenvalue weighted by molar-refractivity contribution is 5.92. The van der Waals surface area contributed by atoms with E-state index in [0.29, 0.717) is 11.7 Å². The van der Waals surface area contributed by atoms with Crippen molar-refractivity contribution in [1.82, 2.24) is 15.3 Å². The molecule has 1 aromatic rings. The van der Waals surface area contributed by atoms with Crippen molar-refractivity contribution in [2.24, 2.45) is 0 Å². The van der Waals surface area contributed by atoms with Crippen LogP contribution in [-0.4, -0.2) is 21.9 Å². The molecule has 4 heteroatoms. The van der Waals surface area contributed by atoms with Crippen LogP contribution in [0.2, 0.25) is 0 Å². The minimum absolute atomic E-state index is 0.102. The number of rotatable bonds is 2. The molecule has 1 fully saturated rings. The highest BCUT2D eigenvalue weighted by Gasteiger charge is 2.18. The molecule has 0 unspecified atom stereocenters. The molecular formula is C11H15N3O. The van der Waals surface area contributed by atoms with Gasteiger partial charge in [-0.1, -0.05) is 12.8 Å². The topological polar surface area (TPSA) is 54.9 Å². The van der Waals surface area contributed by atoms with Gasteiger partial charge in [-0.2, -0.15) is 0 Å². The first-order chi connectivity index (χ1) is 7.25. The second-order valence-corrected chi connectivity index (χ2v) is 4.00. The van der Waals surface area contributed by atoms with Crippen LogP contribution in [0.1, 0.15) is 41.9 Å². The van der Waals surface area contributed by atoms with E-state index in [1.807, 2.05) is 6.92 Å². The molecule has 2 rings (SSSR count). The van der Waals surface area contributed by atoms with Crippen molar-refractivity contribution in [3.8, 4) is 0 Å². The largest absolute Gasteiger partial charge is 0.348 e. The number of carbonyl (C=O) groups is 1. The molecule has 0 bridgehead atoms. The van der Waals surface area contributed by atoms with Crippen molar-refractivity contribution >= 4 is 5.91 Å². The second kappa shape index (κ2) is 4.38. The average Bonchev–Trinajstić information content (AvgIpc) is 2.71. The lowest BCUT2D eigenvalue weighted by atomic mass is 10.2. The zero-order valence-corrected chi connectivity index (χ0v) is 8.86. The van der Waals surface area contributed by atoms with Crippen LogP contribution in [0.3, 0.4) is 0 Å². The third-order valence-corrected chi connectivity index (χ3v) is 2.70. The number of nitrogens with one attached hydrogen (secondary N) is 1. The molecular weight excluding hydrogens is 190 g/mol. The Balaban J connectivity index is 1.98. The molecule has 0 spiro atoms. The smallest absolute Gasteiger partial charge is 0.271 e. The Morgan fingerprint density at radius 1 is 1.33 bits per heavy atom. The summed E-state index contributed by atoms with van der Waals surface area (Å²) in [5, 5.41) is 2.97. The summed E-state index contributed by atoms with van der Waals surface area (Å²) < 4.78 is 0. The lowest BCUT2D eigenvalue weighted by Gasteiger charge is -2.10. The van der Waals surface area contributed by atoms with Gasteiger partial charge in [0.25, 0.3) is 5.91 Å². The van der Waals surface area contributed by atoms with Crippen molar-refractivity contribution in [1.29, 1.82) is 0 Å². The van der Waals surface area contributed by atoms with Crippen molar-refractivity contribution in [2.75, 3.05) is 0 Å². The van der Waals surface area contributed by atoms with E-state index in [9.17, 15) is 4.79 Å². The number of carbonyl (C=O) groups excluding carboxylic acids is 1. The molecule has 1 saturated carbocycles. The summed E-state index contributed by atoms with van der Waals surface area (Å²) in [5.41, 5.74) is 1.24. The lowest BCUT2D eigenvalue weighted by Crippen LogP contribution is -2.33. The van der Waals surface area contributed by atoms with E-state index in [-0.39, 0.29) is 5.91 Å². The summed E-state index contributed by atoms with van der Waals surface area (Å²) in [5.74, 6) is -0.102. The molecule has 4 nitrogen and oxygen atoms in total. The molecule has 1 N–H and O–H groups in total. The van der Waals surface area contributed by atoms with Crippen LogP contribution >= 0.6 is 0 Å². The molecule has 1 aliphatic rings. The Kier molecular flexibility index (Phi) is 2.94. The summed E-state index contributed by atoms with van der Waals surface area (Å²) in [6.45, 7) is 1.85. The Hall–Kier alpha value is -1.45. The maximum atomic E-state index is 11.7. The summed E-state index contributed by atoms with van der Waals surface area (Å²) in [7, 11) is 0. The zero-order valence-electron chi connectivity index (χ0n) is 8.86. The van der Waals surface area contributed by atoms with E-state index in [1.165, 1.54) is 19.0 Å². The third-order valence-electron chi connectivity index (χ3n) is 2.70. The van der Waals surface area contributed by atoms with Crippen molar-refractivity contribution < 1.29 is 4.79 Å². The summed E-state index contributed by atoms with van der Waals surface area (Å²) in [6.07, 6.45) is 7.74. The summed E-state index contributed by atoms with van der Waals surface area (Å²) >= 11 is 0. The highest BCUT2D eigenvalue weighted by atomic mass is 16.1. The second-order valence-electron chi connectivity index (χ2n) is 4.00. The fourth-order valence-electron chi connectivity index (χ4n) is 1.84. The van der Waals surface area contributed by atoms with Gasteiger partial charge in [-0.25, -0.2) is 4.98 Å². The summed E-state index contributed by atoms with van der Waals surface area (Å²) in [4.78, 5) is 19.8. The number of aromatic nitrogens is 2. The van der Waals surface area contributed by atoms with Crippen LogP contribution in [0, 0.1) is 6.92 Å². The molecule has 1 amide bonds. The SMILES string of the molecule is Cc1cnc(C(=O)NC2CCCC2)cn1. The van der Waals surface area contributed by atoms with Crippen LogP contribution in [-0.2, 0) is 0 Å². The van der Waals surface area contributed by atoms with Gasteiger partial charge in [0.05, 0.1) is 11.9 Å². The Labute approximate surface area is 89.1 Å². The van der Waals surface area contributed by atoms with Crippen molar-refractivity contribution in [3.63, 3.8) is 0 Å². The van der Waals surface area contributed by atoms with Gasteiger partial charge in [0, 0.05) is 12.2 Å². The fourth-order valence-corrected chi connectivity index (χ4v) is 1.84. The first kappa shape index (κ1) is 10.1. The van der Waals surface area contributed by atoms with E-state index in [1.54, 1.807) is 6.20 Å². The Bertz CT molecular complexity index is 341. The fraction of sp³-hybridized carbons (Fsp3) is 0.545. The van der Waals surface area contributed by atoms with Gasteiger partial charge in [0.15, 0.2) is 0 Å². The van der Waals surface area contributed by atoms with E-state index in [4.69, 9.17) is 0 Å². The number of amides is 1. The van der Waals surface area contributed by atoms with Crippen molar-refractivity contribution in [2.45, 2.75) is 38.6 Å². The molecule has 0 radical (unpaired) electrons. The van der Waals surface area contributed by atoms with Gasteiger partial charge in [-0.15, -0.1) is 0 Å². The highest BCUT2D eigenvalue weighted by Crippen LogP contribution is 2.17. The maximum absolute atomic E-state index is 11.7. The molecule has 80 valence electrons. The lowest BCUT2D eigenvalue weighted by molar-refractivity contribution is 0.0932. The van der Waals surface area contributed by atoms with E-state index < -0.39 is 0 Å². The minimum atomic E-state index is -0.102. The van der Waals surface area contributed by atoms with Gasteiger partial charge in [0.1, 0.15) is 5.69 Å². The summed E-state index contributed by atoms with van der Waals surface area (Å²) in [6, 6.07) is 0.334. The quantitative estimate of drug-likeness (QED) is 0.795. The molecule has 1 aliphatic carbocycles. The number of nitrogens with zero attached hydrogens (tertiary/aromatic N) is 2. The van der Waals surface area contributed by atoms with E-state index in [0.717, 1.165) is 18.5 Å². The van der Waals surface area contributed by atoms with Crippen LogP contribution in [0.5, 0.6) is 0 Å². The van der Waals surface area contributed by atoms with Crippen molar-refractivity contribution in [3.05, 3.63) is 23.8 Å². The van der Waals surface area contributed by atoms with E-state index >= 15 is 0 Å². The van der Waals surface area contributed by atoms with Gasteiger partial charge in [0.2, 0.25) is 0 Å². The first-order valence-electron chi connectivity index (χ1n) is 5.35. The normalized spacial score (nSPS) is 16.6. The zero-order chi connectivity index (χ0) is 10.7. The van der Waals surface area contributed by atoms with Gasteiger partial charge >= 0.3 is 0 Å². The third kappa shape index (κ3) is 2.52. The molecule has 1 heterocycles. The first-order valence-corrected chi connectivity index (χ1v) is 5.35. The molecule has 0 saturated heterocycles. The maximum Gasteiger partial charge on any atom is 0.271 e. The molecule has 0 atom stereocenters. The number of aryl methyl sites for hydroxylation is 1. The molecule has 1 aromatic heterocycles. The standard InChI is InChI=1S/C11H15N3O/c1-8-6-13-10(7-12-8)11(15)14-9-4-2-3-5-9/h6-7,9H,2-5H2,1H3,(H,14,15). The Morgan fingerprint density at radius 3 is 2.67 bits per heavy atom.